The van der Waals surface area contributed by atoms with Gasteiger partial charge in [0.2, 0.25) is 5.91 Å². The molecule has 1 aromatic rings. The number of para-hydroxylation sites is 1. The molecule has 0 bridgehead atoms. The van der Waals surface area contributed by atoms with Crippen molar-refractivity contribution in [2.75, 3.05) is 31.7 Å². The third-order valence-electron chi connectivity index (χ3n) is 3.03. The van der Waals surface area contributed by atoms with Gasteiger partial charge in [-0.25, -0.2) is 0 Å². The van der Waals surface area contributed by atoms with Crippen molar-refractivity contribution in [2.24, 2.45) is 0 Å². The van der Waals surface area contributed by atoms with Crippen molar-refractivity contribution in [2.45, 2.75) is 6.42 Å². The Morgan fingerprint density at radius 2 is 2.05 bits per heavy atom. The summed E-state index contributed by atoms with van der Waals surface area (Å²) >= 11 is 0. The molecule has 2 amide bonds. The fourth-order valence-electron chi connectivity index (χ4n) is 2.05. The first-order valence-corrected chi connectivity index (χ1v) is 6.36. The van der Waals surface area contributed by atoms with Crippen LogP contribution in [-0.4, -0.2) is 44.4 Å². The molecule has 106 valence electrons. The van der Waals surface area contributed by atoms with Crippen LogP contribution in [0, 0.1) is 0 Å². The lowest BCUT2D eigenvalue weighted by molar-refractivity contribution is -0.122. The van der Waals surface area contributed by atoms with Gasteiger partial charge in [0.1, 0.15) is 6.54 Å². The van der Waals surface area contributed by atoms with Crippen molar-refractivity contribution < 1.29 is 19.1 Å². The number of hydrogen-bond acceptors (Lipinski definition) is 4. The first kappa shape index (κ1) is 14.2. The minimum absolute atomic E-state index is 0.144. The summed E-state index contributed by atoms with van der Waals surface area (Å²) in [6.07, 6.45) is 0.700. The van der Waals surface area contributed by atoms with Crippen LogP contribution < -0.4 is 10.2 Å². The number of nitrogens with one attached hydrogen (secondary N) is 1. The van der Waals surface area contributed by atoms with Crippen molar-refractivity contribution in [3.63, 3.8) is 0 Å². The molecule has 2 rings (SSSR count). The van der Waals surface area contributed by atoms with Crippen LogP contribution in [0.2, 0.25) is 0 Å². The van der Waals surface area contributed by atoms with Gasteiger partial charge >= 0.3 is 0 Å². The van der Waals surface area contributed by atoms with Crippen LogP contribution in [0.4, 0.5) is 5.69 Å². The van der Waals surface area contributed by atoms with Crippen molar-refractivity contribution in [1.82, 2.24) is 5.32 Å². The van der Waals surface area contributed by atoms with Gasteiger partial charge in [-0.1, -0.05) is 12.1 Å². The maximum atomic E-state index is 11.9. The highest BCUT2D eigenvalue weighted by Crippen LogP contribution is 2.27. The summed E-state index contributed by atoms with van der Waals surface area (Å²) in [5.74, 6) is -1.51. The second-order valence-electron chi connectivity index (χ2n) is 4.43. The normalized spacial score (nSPS) is 13.6. The number of ketones is 1. The number of fused-ring (bicyclic) bond motifs is 1. The standard InChI is InChI=1S/C14H16N2O4/c1-20-8-4-7-15-12(17)9-16-11-6-3-2-5-10(11)13(18)14(16)19/h2-3,5-6H,4,7-9H2,1H3,(H,15,17). The summed E-state index contributed by atoms with van der Waals surface area (Å²) in [7, 11) is 1.59. The molecule has 1 aliphatic heterocycles. The highest BCUT2D eigenvalue weighted by atomic mass is 16.5. The lowest BCUT2D eigenvalue weighted by Gasteiger charge is -2.15. The Hall–Kier alpha value is -2.21. The van der Waals surface area contributed by atoms with E-state index in [0.29, 0.717) is 30.8 Å². The molecular weight excluding hydrogens is 260 g/mol. The van der Waals surface area contributed by atoms with Crippen LogP contribution >= 0.6 is 0 Å². The maximum absolute atomic E-state index is 11.9. The van der Waals surface area contributed by atoms with Crippen molar-refractivity contribution >= 4 is 23.3 Å². The monoisotopic (exact) mass is 276 g/mol. The predicted octanol–water partition coefficient (Wildman–Crippen LogP) is 0.369. The Balaban J connectivity index is 1.98. The molecule has 20 heavy (non-hydrogen) atoms. The number of hydrogen-bond donors (Lipinski definition) is 1. The minimum atomic E-state index is -0.654. The van der Waals surface area contributed by atoms with Crippen molar-refractivity contribution in [3.8, 4) is 0 Å². The molecule has 6 nitrogen and oxygen atoms in total. The summed E-state index contributed by atoms with van der Waals surface area (Å²) < 4.78 is 4.87. The van der Waals surface area contributed by atoms with Crippen molar-refractivity contribution in [3.05, 3.63) is 29.8 Å². The van der Waals surface area contributed by atoms with Gasteiger partial charge < -0.3 is 10.1 Å². The molecule has 1 heterocycles. The SMILES string of the molecule is COCCCNC(=O)CN1C(=O)C(=O)c2ccccc21. The third kappa shape index (κ3) is 2.85. The number of amides is 2. The van der Waals surface area contributed by atoms with Crippen LogP contribution in [0.3, 0.4) is 0 Å². The second kappa shape index (κ2) is 6.29. The molecule has 0 unspecified atom stereocenters. The predicted molar refractivity (Wildman–Crippen MR) is 72.6 cm³/mol. The topological polar surface area (TPSA) is 75.7 Å². The molecule has 0 fully saturated rings. The first-order chi connectivity index (χ1) is 9.65. The number of anilines is 1. The fourth-order valence-corrected chi connectivity index (χ4v) is 2.05. The lowest BCUT2D eigenvalue weighted by Crippen LogP contribution is -2.40. The fraction of sp³-hybridized carbons (Fsp3) is 0.357. The zero-order valence-corrected chi connectivity index (χ0v) is 11.2. The Bertz CT molecular complexity index is 542. The number of methoxy groups -OCH3 is 1. The molecule has 0 atom stereocenters. The molecule has 0 aliphatic carbocycles. The maximum Gasteiger partial charge on any atom is 0.299 e. The number of carbonyl (C=O) groups excluding carboxylic acids is 3. The molecule has 1 aromatic carbocycles. The van der Waals surface area contributed by atoms with Gasteiger partial charge in [-0.05, 0) is 18.6 Å². The summed E-state index contributed by atoms with van der Waals surface area (Å²) in [6, 6.07) is 6.68. The first-order valence-electron chi connectivity index (χ1n) is 6.36. The largest absolute Gasteiger partial charge is 0.385 e. The van der Waals surface area contributed by atoms with Crippen molar-refractivity contribution in [1.29, 1.82) is 0 Å². The average Bonchev–Trinajstić information content (AvgIpc) is 2.69. The number of nitrogens with zero attached hydrogens (tertiary/aromatic N) is 1. The smallest absolute Gasteiger partial charge is 0.299 e. The lowest BCUT2D eigenvalue weighted by atomic mass is 10.1. The van der Waals surface area contributed by atoms with Gasteiger partial charge in [0.15, 0.2) is 0 Å². The van der Waals surface area contributed by atoms with Crippen LogP contribution in [0.1, 0.15) is 16.8 Å². The van der Waals surface area contributed by atoms with Crippen LogP contribution in [0.5, 0.6) is 0 Å². The zero-order chi connectivity index (χ0) is 14.5. The molecule has 0 radical (unpaired) electrons. The number of benzene rings is 1. The molecule has 0 saturated heterocycles. The number of ether oxygens (including phenoxy) is 1. The highest BCUT2D eigenvalue weighted by Gasteiger charge is 2.36. The van der Waals surface area contributed by atoms with Crippen LogP contribution in [0.15, 0.2) is 24.3 Å². The van der Waals surface area contributed by atoms with E-state index in [4.69, 9.17) is 4.74 Å². The Morgan fingerprint density at radius 1 is 1.30 bits per heavy atom. The van der Waals surface area contributed by atoms with E-state index < -0.39 is 11.7 Å². The molecular formula is C14H16N2O4. The second-order valence-corrected chi connectivity index (χ2v) is 4.43. The Labute approximate surface area is 116 Å². The average molecular weight is 276 g/mol. The van der Waals surface area contributed by atoms with Gasteiger partial charge in [0.05, 0.1) is 11.3 Å². The van der Waals surface area contributed by atoms with E-state index in [1.54, 1.807) is 31.4 Å². The van der Waals surface area contributed by atoms with E-state index in [1.807, 2.05) is 0 Å². The third-order valence-corrected chi connectivity index (χ3v) is 3.03. The molecule has 1 aliphatic rings. The summed E-state index contributed by atoms with van der Waals surface area (Å²) in [5, 5.41) is 2.69. The van der Waals surface area contributed by atoms with Crippen LogP contribution in [-0.2, 0) is 14.3 Å². The van der Waals surface area contributed by atoms with E-state index >= 15 is 0 Å². The van der Waals surface area contributed by atoms with E-state index in [9.17, 15) is 14.4 Å². The molecule has 0 spiro atoms. The van der Waals surface area contributed by atoms with Gasteiger partial charge in [0.25, 0.3) is 11.7 Å². The Morgan fingerprint density at radius 3 is 2.80 bits per heavy atom. The van der Waals surface area contributed by atoms with Gasteiger partial charge in [0, 0.05) is 20.3 Å². The minimum Gasteiger partial charge on any atom is -0.385 e. The van der Waals surface area contributed by atoms with E-state index in [-0.39, 0.29) is 12.5 Å². The molecule has 0 saturated carbocycles. The number of carbonyl (C=O) groups is 3. The molecule has 6 heteroatoms. The van der Waals surface area contributed by atoms with Gasteiger partial charge in [-0.15, -0.1) is 0 Å². The summed E-state index contributed by atoms with van der Waals surface area (Å²) in [4.78, 5) is 36.6. The molecule has 0 aromatic heterocycles. The van der Waals surface area contributed by atoms with E-state index in [2.05, 4.69) is 5.32 Å². The quantitative estimate of drug-likeness (QED) is 0.601. The van der Waals surface area contributed by atoms with E-state index in [0.717, 1.165) is 0 Å². The zero-order valence-electron chi connectivity index (χ0n) is 11.2. The molecule has 1 N–H and O–H groups in total. The summed E-state index contributed by atoms with van der Waals surface area (Å²) in [6.45, 7) is 0.892. The number of Topliss-reactive ketones (excluding diaryl/α,β-unsaturated/α-hetero) is 1. The Kier molecular flexibility index (Phi) is 4.47. The van der Waals surface area contributed by atoms with E-state index in [1.165, 1.54) is 4.90 Å². The highest BCUT2D eigenvalue weighted by molar-refractivity contribution is 6.52. The number of rotatable bonds is 6. The van der Waals surface area contributed by atoms with Crippen LogP contribution in [0.25, 0.3) is 0 Å². The summed E-state index contributed by atoms with van der Waals surface area (Å²) in [5.41, 5.74) is 0.847. The van der Waals surface area contributed by atoms with Gasteiger partial charge in [-0.3, -0.25) is 19.3 Å². The van der Waals surface area contributed by atoms with Gasteiger partial charge in [-0.2, -0.15) is 0 Å².